The number of aliphatic carboxylic acids is 1. The molecule has 0 aromatic heterocycles. The van der Waals surface area contributed by atoms with Crippen molar-refractivity contribution in [3.8, 4) is 0 Å². The van der Waals surface area contributed by atoms with Crippen molar-refractivity contribution >= 4 is 39.6 Å². The smallest absolute Gasteiger partial charge is 0.411 e. The van der Waals surface area contributed by atoms with Crippen LogP contribution in [0.3, 0.4) is 0 Å². The number of amides is 1. The van der Waals surface area contributed by atoms with E-state index in [0.29, 0.717) is 15.1 Å². The van der Waals surface area contributed by atoms with Gasteiger partial charge in [0.25, 0.3) is 0 Å². The lowest BCUT2D eigenvalue weighted by atomic mass is 10.0. The van der Waals surface area contributed by atoms with Gasteiger partial charge >= 0.3 is 12.1 Å². The third kappa shape index (κ3) is 4.99. The van der Waals surface area contributed by atoms with Gasteiger partial charge in [-0.25, -0.2) is 9.59 Å². The van der Waals surface area contributed by atoms with Crippen LogP contribution in [0, 0.1) is 0 Å². The van der Waals surface area contributed by atoms with Crippen molar-refractivity contribution < 1.29 is 19.4 Å². The van der Waals surface area contributed by atoms with Gasteiger partial charge in [0.2, 0.25) is 0 Å². The maximum Gasteiger partial charge on any atom is 0.411 e. The lowest BCUT2D eigenvalue weighted by Crippen LogP contribution is -2.43. The normalized spacial score (nSPS) is 11.9. The van der Waals surface area contributed by atoms with E-state index < -0.39 is 18.1 Å². The number of nitrogens with zero attached hydrogens (tertiary/aromatic N) is 1. The quantitative estimate of drug-likeness (QED) is 0.664. The number of carbonyl (C=O) groups excluding carboxylic acids is 1. The van der Waals surface area contributed by atoms with Gasteiger partial charge in [0, 0.05) is 10.5 Å². The zero-order valence-electron chi connectivity index (χ0n) is 14.4. The maximum absolute atomic E-state index is 12.6. The largest absolute Gasteiger partial charge is 0.479 e. The van der Waals surface area contributed by atoms with Gasteiger partial charge in [-0.1, -0.05) is 48.0 Å². The van der Waals surface area contributed by atoms with Crippen LogP contribution in [0.25, 0.3) is 0 Å². The first-order valence-electron chi connectivity index (χ1n) is 7.98. The summed E-state index contributed by atoms with van der Waals surface area (Å²) in [5.41, 5.74) is 1.25. The van der Waals surface area contributed by atoms with E-state index in [-0.39, 0.29) is 12.6 Å². The monoisotopic (exact) mass is 439 g/mol. The summed E-state index contributed by atoms with van der Waals surface area (Å²) in [5, 5.41) is 10.2. The Bertz CT molecular complexity index is 782. The molecule has 1 unspecified atom stereocenters. The second kappa shape index (κ2) is 9.05. The Morgan fingerprint density at radius 3 is 2.38 bits per heavy atom. The summed E-state index contributed by atoms with van der Waals surface area (Å²) in [7, 11) is 0. The van der Waals surface area contributed by atoms with Crippen molar-refractivity contribution in [2.75, 3.05) is 0 Å². The standard InChI is InChI=1S/C19H19BrClNO4/c1-12(2)22(19(25)26-11-13-6-4-3-5-7-13)17(18(23)24)14-8-9-16(21)15(20)10-14/h3-10,12,17H,11H2,1-2H3,(H,23,24). The highest BCUT2D eigenvalue weighted by Gasteiger charge is 2.34. The SMILES string of the molecule is CC(C)N(C(=O)OCc1ccccc1)C(C(=O)O)c1ccc(Cl)c(Br)c1. The number of carboxylic acid groups (broad SMARTS) is 1. The lowest BCUT2D eigenvalue weighted by molar-refractivity contribution is -0.143. The fourth-order valence-electron chi connectivity index (χ4n) is 2.51. The highest BCUT2D eigenvalue weighted by Crippen LogP contribution is 2.30. The third-order valence-electron chi connectivity index (χ3n) is 3.74. The molecule has 0 radical (unpaired) electrons. The van der Waals surface area contributed by atoms with Crippen molar-refractivity contribution in [2.45, 2.75) is 32.5 Å². The molecule has 2 rings (SSSR count). The summed E-state index contributed by atoms with van der Waals surface area (Å²) < 4.78 is 5.90. The van der Waals surface area contributed by atoms with Crippen LogP contribution in [-0.2, 0) is 16.1 Å². The Balaban J connectivity index is 2.27. The molecule has 1 amide bonds. The second-order valence-corrected chi connectivity index (χ2v) is 7.22. The van der Waals surface area contributed by atoms with E-state index >= 15 is 0 Å². The Labute approximate surface area is 165 Å². The molecule has 1 N–H and O–H groups in total. The summed E-state index contributed by atoms with van der Waals surface area (Å²) in [6.07, 6.45) is -0.692. The molecule has 0 bridgehead atoms. The van der Waals surface area contributed by atoms with Crippen molar-refractivity contribution in [1.82, 2.24) is 4.90 Å². The van der Waals surface area contributed by atoms with Gasteiger partial charge in [-0.15, -0.1) is 0 Å². The van der Waals surface area contributed by atoms with Crippen LogP contribution in [0.15, 0.2) is 53.0 Å². The minimum Gasteiger partial charge on any atom is -0.479 e. The lowest BCUT2D eigenvalue weighted by Gasteiger charge is -2.32. The minimum absolute atomic E-state index is 0.0690. The fourth-order valence-corrected chi connectivity index (χ4v) is 3.03. The molecule has 1 atom stereocenters. The van der Waals surface area contributed by atoms with E-state index in [1.54, 1.807) is 32.0 Å². The Hall–Kier alpha value is -2.05. The van der Waals surface area contributed by atoms with Crippen molar-refractivity contribution in [3.05, 3.63) is 69.2 Å². The molecular formula is C19H19BrClNO4. The number of benzene rings is 2. The maximum atomic E-state index is 12.6. The molecule has 0 aliphatic carbocycles. The van der Waals surface area contributed by atoms with E-state index in [1.807, 2.05) is 30.3 Å². The summed E-state index contributed by atoms with van der Waals surface area (Å²) >= 11 is 9.28. The minimum atomic E-state index is -1.19. The van der Waals surface area contributed by atoms with Gasteiger partial charge in [-0.2, -0.15) is 0 Å². The van der Waals surface area contributed by atoms with Gasteiger partial charge in [-0.05, 0) is 53.0 Å². The van der Waals surface area contributed by atoms with Crippen molar-refractivity contribution in [2.24, 2.45) is 0 Å². The zero-order chi connectivity index (χ0) is 19.3. The van der Waals surface area contributed by atoms with Crippen LogP contribution >= 0.6 is 27.5 Å². The van der Waals surface area contributed by atoms with E-state index in [2.05, 4.69) is 15.9 Å². The Morgan fingerprint density at radius 2 is 1.85 bits per heavy atom. The molecule has 0 saturated carbocycles. The van der Waals surface area contributed by atoms with Crippen LogP contribution in [-0.4, -0.2) is 28.1 Å². The molecule has 2 aromatic carbocycles. The number of halogens is 2. The van der Waals surface area contributed by atoms with Gasteiger partial charge in [0.05, 0.1) is 5.02 Å². The van der Waals surface area contributed by atoms with E-state index in [1.165, 1.54) is 4.90 Å². The molecule has 5 nitrogen and oxygen atoms in total. The van der Waals surface area contributed by atoms with Crippen LogP contribution in [0.4, 0.5) is 4.79 Å². The highest BCUT2D eigenvalue weighted by atomic mass is 79.9. The first-order valence-corrected chi connectivity index (χ1v) is 9.15. The molecule has 0 heterocycles. The van der Waals surface area contributed by atoms with Gasteiger partial charge in [0.1, 0.15) is 6.61 Å². The average molecular weight is 441 g/mol. The van der Waals surface area contributed by atoms with Gasteiger partial charge < -0.3 is 9.84 Å². The molecule has 0 spiro atoms. The molecule has 0 fully saturated rings. The van der Waals surface area contributed by atoms with Crippen LogP contribution in [0.5, 0.6) is 0 Å². The molecular weight excluding hydrogens is 422 g/mol. The topological polar surface area (TPSA) is 66.8 Å². The number of hydrogen-bond donors (Lipinski definition) is 1. The van der Waals surface area contributed by atoms with Gasteiger partial charge in [0.15, 0.2) is 6.04 Å². The van der Waals surface area contributed by atoms with Crippen LogP contribution in [0.2, 0.25) is 5.02 Å². The fraction of sp³-hybridized carbons (Fsp3) is 0.263. The zero-order valence-corrected chi connectivity index (χ0v) is 16.7. The van der Waals surface area contributed by atoms with E-state index in [9.17, 15) is 14.7 Å². The Kier molecular flexibility index (Phi) is 7.06. The average Bonchev–Trinajstić information content (AvgIpc) is 2.60. The molecule has 0 aliphatic rings. The predicted molar refractivity (Wildman–Crippen MR) is 103 cm³/mol. The second-order valence-electron chi connectivity index (χ2n) is 5.96. The molecule has 138 valence electrons. The summed E-state index contributed by atoms with van der Waals surface area (Å²) in [4.78, 5) is 25.8. The number of hydrogen-bond acceptors (Lipinski definition) is 3. The molecule has 7 heteroatoms. The van der Waals surface area contributed by atoms with Crippen molar-refractivity contribution in [1.29, 1.82) is 0 Å². The number of carboxylic acids is 1. The molecule has 2 aromatic rings. The number of carbonyl (C=O) groups is 2. The van der Waals surface area contributed by atoms with Crippen molar-refractivity contribution in [3.63, 3.8) is 0 Å². The molecule has 26 heavy (non-hydrogen) atoms. The Morgan fingerprint density at radius 1 is 1.19 bits per heavy atom. The third-order valence-corrected chi connectivity index (χ3v) is 4.96. The predicted octanol–water partition coefficient (Wildman–Crippen LogP) is 5.28. The van der Waals surface area contributed by atoms with E-state index in [4.69, 9.17) is 16.3 Å². The summed E-state index contributed by atoms with van der Waals surface area (Å²) in [6.45, 7) is 3.55. The first kappa shape index (κ1) is 20.3. The summed E-state index contributed by atoms with van der Waals surface area (Å²) in [5.74, 6) is -1.15. The molecule has 0 aliphatic heterocycles. The first-order chi connectivity index (χ1) is 12.3. The van der Waals surface area contributed by atoms with E-state index in [0.717, 1.165) is 5.56 Å². The van der Waals surface area contributed by atoms with Gasteiger partial charge in [-0.3, -0.25) is 4.90 Å². The number of rotatable bonds is 6. The van der Waals surface area contributed by atoms with Crippen LogP contribution < -0.4 is 0 Å². The van der Waals surface area contributed by atoms with Crippen LogP contribution in [0.1, 0.15) is 31.0 Å². The highest BCUT2D eigenvalue weighted by molar-refractivity contribution is 9.10. The summed E-state index contributed by atoms with van der Waals surface area (Å²) in [6, 6.07) is 12.4. The number of ether oxygens (including phenoxy) is 1. The molecule has 0 saturated heterocycles.